The number of aliphatic hydroxyl groups excluding tert-OH is 1. The summed E-state index contributed by atoms with van der Waals surface area (Å²) in [5, 5.41) is 12.2. The Morgan fingerprint density at radius 2 is 2.28 bits per heavy atom. The maximum atomic E-state index is 12.2. The molecular formula is C14H20N2O2. The number of aryl methyl sites for hydroxylation is 1. The number of benzene rings is 1. The molecule has 0 aromatic heterocycles. The highest BCUT2D eigenvalue weighted by Crippen LogP contribution is 2.26. The number of nitrogens with one attached hydrogen (secondary N) is 1. The van der Waals surface area contributed by atoms with E-state index in [9.17, 15) is 9.90 Å². The number of para-hydroxylation sites is 1. The number of hydrogen-bond acceptors (Lipinski definition) is 3. The van der Waals surface area contributed by atoms with E-state index in [1.807, 2.05) is 19.1 Å². The molecule has 0 heterocycles. The lowest BCUT2D eigenvalue weighted by molar-refractivity contribution is 0.0917. The van der Waals surface area contributed by atoms with Gasteiger partial charge in [0.15, 0.2) is 0 Å². The van der Waals surface area contributed by atoms with Crippen LogP contribution in [0, 0.1) is 12.8 Å². The van der Waals surface area contributed by atoms with Crippen LogP contribution in [0.25, 0.3) is 0 Å². The molecule has 1 aliphatic carbocycles. The maximum absolute atomic E-state index is 12.2. The Morgan fingerprint density at radius 3 is 3.00 bits per heavy atom. The molecular weight excluding hydrogens is 228 g/mol. The van der Waals surface area contributed by atoms with E-state index >= 15 is 0 Å². The van der Waals surface area contributed by atoms with Crippen LogP contribution >= 0.6 is 0 Å². The molecule has 18 heavy (non-hydrogen) atoms. The molecule has 1 fully saturated rings. The summed E-state index contributed by atoms with van der Waals surface area (Å²) in [5.41, 5.74) is 7.89. The predicted octanol–water partition coefficient (Wildman–Crippen LogP) is 1.47. The van der Waals surface area contributed by atoms with Gasteiger partial charge in [-0.1, -0.05) is 18.6 Å². The third-order valence-corrected chi connectivity index (χ3v) is 3.78. The molecule has 1 saturated carbocycles. The minimum absolute atomic E-state index is 0.0717. The molecule has 1 aliphatic rings. The van der Waals surface area contributed by atoms with Crippen molar-refractivity contribution < 1.29 is 9.90 Å². The minimum Gasteiger partial charge on any atom is -0.398 e. The first-order chi connectivity index (χ1) is 8.63. The van der Waals surface area contributed by atoms with Crippen molar-refractivity contribution in [1.29, 1.82) is 0 Å². The lowest BCUT2D eigenvalue weighted by atomic mass is 10.0. The summed E-state index contributed by atoms with van der Waals surface area (Å²) in [6, 6.07) is 5.53. The number of anilines is 1. The number of carbonyl (C=O) groups is 1. The van der Waals surface area contributed by atoms with E-state index in [2.05, 4.69) is 5.32 Å². The third kappa shape index (κ3) is 2.48. The smallest absolute Gasteiger partial charge is 0.253 e. The minimum atomic E-state index is -0.137. The molecule has 0 aliphatic heterocycles. The summed E-state index contributed by atoms with van der Waals surface area (Å²) in [7, 11) is 0. The molecule has 1 aromatic carbocycles. The first-order valence-electron chi connectivity index (χ1n) is 6.40. The van der Waals surface area contributed by atoms with Gasteiger partial charge in [-0.2, -0.15) is 0 Å². The van der Waals surface area contributed by atoms with Crippen LogP contribution in [0.15, 0.2) is 18.2 Å². The van der Waals surface area contributed by atoms with Gasteiger partial charge < -0.3 is 16.2 Å². The highest BCUT2D eigenvalue weighted by molar-refractivity contribution is 5.99. The third-order valence-electron chi connectivity index (χ3n) is 3.78. The van der Waals surface area contributed by atoms with Gasteiger partial charge in [0, 0.05) is 24.3 Å². The molecule has 98 valence electrons. The van der Waals surface area contributed by atoms with E-state index < -0.39 is 0 Å². The molecule has 2 rings (SSSR count). The van der Waals surface area contributed by atoms with Crippen LogP contribution in [0.1, 0.15) is 35.2 Å². The van der Waals surface area contributed by atoms with Crippen LogP contribution < -0.4 is 11.1 Å². The quantitative estimate of drug-likeness (QED) is 0.709. The lowest BCUT2D eigenvalue weighted by Crippen LogP contribution is -2.38. The van der Waals surface area contributed by atoms with E-state index in [0.29, 0.717) is 11.3 Å². The summed E-state index contributed by atoms with van der Waals surface area (Å²) in [4.78, 5) is 12.2. The molecule has 4 nitrogen and oxygen atoms in total. The molecule has 1 aromatic rings. The van der Waals surface area contributed by atoms with Crippen molar-refractivity contribution in [3.05, 3.63) is 29.3 Å². The summed E-state index contributed by atoms with van der Waals surface area (Å²) in [6.45, 7) is 2.02. The summed E-state index contributed by atoms with van der Waals surface area (Å²) in [6.07, 6.45) is 2.97. The van der Waals surface area contributed by atoms with Crippen molar-refractivity contribution in [2.45, 2.75) is 32.2 Å². The summed E-state index contributed by atoms with van der Waals surface area (Å²) in [5.74, 6) is 0.0431. The molecule has 2 unspecified atom stereocenters. The van der Waals surface area contributed by atoms with Gasteiger partial charge in [0.05, 0.1) is 5.56 Å². The number of rotatable bonds is 3. The average molecular weight is 248 g/mol. The van der Waals surface area contributed by atoms with E-state index in [-0.39, 0.29) is 24.5 Å². The van der Waals surface area contributed by atoms with Crippen molar-refractivity contribution in [3.63, 3.8) is 0 Å². The van der Waals surface area contributed by atoms with E-state index in [0.717, 1.165) is 24.8 Å². The Balaban J connectivity index is 2.10. The first kappa shape index (κ1) is 12.9. The largest absolute Gasteiger partial charge is 0.398 e. The van der Waals surface area contributed by atoms with Crippen molar-refractivity contribution in [2.24, 2.45) is 5.92 Å². The highest BCUT2D eigenvalue weighted by atomic mass is 16.3. The Bertz CT molecular complexity index is 445. The number of aliphatic hydroxyl groups is 1. The molecule has 1 amide bonds. The SMILES string of the molecule is Cc1cccc(C(=O)NC2CCCC2CO)c1N. The Morgan fingerprint density at radius 1 is 1.50 bits per heavy atom. The van der Waals surface area contributed by atoms with E-state index in [1.165, 1.54) is 0 Å². The van der Waals surface area contributed by atoms with Crippen molar-refractivity contribution in [2.75, 3.05) is 12.3 Å². The molecule has 0 radical (unpaired) electrons. The zero-order chi connectivity index (χ0) is 13.1. The standard InChI is InChI=1S/C14H20N2O2/c1-9-4-2-6-11(13(9)15)14(18)16-12-7-3-5-10(12)8-17/h2,4,6,10,12,17H,3,5,7-8,15H2,1H3,(H,16,18). The molecule has 0 bridgehead atoms. The van der Waals surface area contributed by atoms with Crippen LogP contribution in [-0.2, 0) is 0 Å². The normalized spacial score (nSPS) is 23.0. The van der Waals surface area contributed by atoms with Gasteiger partial charge in [0.2, 0.25) is 0 Å². The van der Waals surface area contributed by atoms with Crippen molar-refractivity contribution >= 4 is 11.6 Å². The van der Waals surface area contributed by atoms with Crippen LogP contribution in [0.4, 0.5) is 5.69 Å². The molecule has 0 spiro atoms. The van der Waals surface area contributed by atoms with Gasteiger partial charge in [-0.15, -0.1) is 0 Å². The van der Waals surface area contributed by atoms with Crippen LogP contribution in [-0.4, -0.2) is 23.7 Å². The Labute approximate surface area is 107 Å². The number of nitrogen functional groups attached to an aromatic ring is 1. The predicted molar refractivity (Wildman–Crippen MR) is 71.3 cm³/mol. The average Bonchev–Trinajstić information content (AvgIpc) is 2.79. The van der Waals surface area contributed by atoms with Gasteiger partial charge in [0.25, 0.3) is 5.91 Å². The molecule has 2 atom stereocenters. The first-order valence-corrected chi connectivity index (χ1v) is 6.40. The summed E-state index contributed by atoms with van der Waals surface area (Å²) < 4.78 is 0. The number of amides is 1. The fraction of sp³-hybridized carbons (Fsp3) is 0.500. The Kier molecular flexibility index (Phi) is 3.87. The van der Waals surface area contributed by atoms with E-state index in [4.69, 9.17) is 5.73 Å². The molecule has 4 N–H and O–H groups in total. The van der Waals surface area contributed by atoms with Crippen LogP contribution in [0.2, 0.25) is 0 Å². The second-order valence-electron chi connectivity index (χ2n) is 4.99. The monoisotopic (exact) mass is 248 g/mol. The second kappa shape index (κ2) is 5.40. The molecule has 4 heteroatoms. The van der Waals surface area contributed by atoms with E-state index in [1.54, 1.807) is 6.07 Å². The fourth-order valence-corrected chi connectivity index (χ4v) is 2.57. The maximum Gasteiger partial charge on any atom is 0.253 e. The zero-order valence-corrected chi connectivity index (χ0v) is 10.6. The van der Waals surface area contributed by atoms with Crippen LogP contribution in [0.5, 0.6) is 0 Å². The zero-order valence-electron chi connectivity index (χ0n) is 10.6. The van der Waals surface area contributed by atoms with Gasteiger partial charge in [-0.25, -0.2) is 0 Å². The lowest BCUT2D eigenvalue weighted by Gasteiger charge is -2.19. The number of nitrogens with two attached hydrogens (primary N) is 1. The number of hydrogen-bond donors (Lipinski definition) is 3. The van der Waals surface area contributed by atoms with Gasteiger partial charge >= 0.3 is 0 Å². The molecule has 0 saturated heterocycles. The summed E-state index contributed by atoms with van der Waals surface area (Å²) >= 11 is 0. The Hall–Kier alpha value is -1.55. The number of carbonyl (C=O) groups excluding carboxylic acids is 1. The van der Waals surface area contributed by atoms with Gasteiger partial charge in [-0.3, -0.25) is 4.79 Å². The van der Waals surface area contributed by atoms with Gasteiger partial charge in [-0.05, 0) is 31.4 Å². The van der Waals surface area contributed by atoms with Crippen molar-refractivity contribution in [1.82, 2.24) is 5.32 Å². The van der Waals surface area contributed by atoms with Crippen molar-refractivity contribution in [3.8, 4) is 0 Å². The second-order valence-corrected chi connectivity index (χ2v) is 4.99. The fourth-order valence-electron chi connectivity index (χ4n) is 2.57. The van der Waals surface area contributed by atoms with Crippen LogP contribution in [0.3, 0.4) is 0 Å². The van der Waals surface area contributed by atoms with Gasteiger partial charge in [0.1, 0.15) is 0 Å². The topological polar surface area (TPSA) is 75.3 Å². The highest BCUT2D eigenvalue weighted by Gasteiger charge is 2.28.